The fraction of sp³-hybridized carbons (Fsp3) is 0.467. The number of rotatable bonds is 4. The molecule has 1 saturated heterocycles. The van der Waals surface area contributed by atoms with Crippen LogP contribution < -0.4 is 5.32 Å². The molecular formula is C15H19BrN2O2. The van der Waals surface area contributed by atoms with Gasteiger partial charge in [0.25, 0.3) is 0 Å². The second-order valence-electron chi connectivity index (χ2n) is 5.09. The van der Waals surface area contributed by atoms with Crippen LogP contribution in [0.1, 0.15) is 31.7 Å². The number of aryl methyl sites for hydroxylation is 1. The van der Waals surface area contributed by atoms with Gasteiger partial charge in [0.1, 0.15) is 6.04 Å². The number of nitrogens with one attached hydrogen (secondary N) is 1. The molecule has 1 aliphatic rings. The minimum atomic E-state index is -0.377. The third-order valence-electron chi connectivity index (χ3n) is 3.56. The average Bonchev–Trinajstić information content (AvgIpc) is 2.81. The number of nitrogens with zero attached hydrogens (tertiary/aromatic N) is 1. The van der Waals surface area contributed by atoms with E-state index in [0.717, 1.165) is 22.1 Å². The molecule has 20 heavy (non-hydrogen) atoms. The van der Waals surface area contributed by atoms with Crippen molar-refractivity contribution in [3.8, 4) is 0 Å². The fourth-order valence-electron chi connectivity index (χ4n) is 2.50. The summed E-state index contributed by atoms with van der Waals surface area (Å²) in [4.78, 5) is 25.9. The SMILES string of the molecule is CC[C@@H](C(=O)Nc1cc(C)ccc1Br)N1CCCC1=O. The van der Waals surface area contributed by atoms with Gasteiger partial charge in [0.05, 0.1) is 5.69 Å². The molecule has 1 aliphatic heterocycles. The van der Waals surface area contributed by atoms with Gasteiger partial charge in [-0.1, -0.05) is 13.0 Å². The summed E-state index contributed by atoms with van der Waals surface area (Å²) in [5.41, 5.74) is 1.83. The first-order chi connectivity index (χ1) is 9.52. The Kier molecular flexibility index (Phi) is 4.81. The molecule has 0 spiro atoms. The van der Waals surface area contributed by atoms with E-state index < -0.39 is 0 Å². The number of hydrogen-bond acceptors (Lipinski definition) is 2. The summed E-state index contributed by atoms with van der Waals surface area (Å²) in [7, 11) is 0. The molecular weight excluding hydrogens is 320 g/mol. The highest BCUT2D eigenvalue weighted by molar-refractivity contribution is 9.10. The Hall–Kier alpha value is -1.36. The van der Waals surface area contributed by atoms with Crippen LogP contribution in [0.15, 0.2) is 22.7 Å². The summed E-state index contributed by atoms with van der Waals surface area (Å²) >= 11 is 3.43. The average molecular weight is 339 g/mol. The Morgan fingerprint density at radius 1 is 1.50 bits per heavy atom. The van der Waals surface area contributed by atoms with Gasteiger partial charge in [0.15, 0.2) is 0 Å². The van der Waals surface area contributed by atoms with E-state index in [1.807, 2.05) is 32.0 Å². The largest absolute Gasteiger partial charge is 0.331 e. The number of benzene rings is 1. The zero-order valence-corrected chi connectivity index (χ0v) is 13.4. The Balaban J connectivity index is 2.13. The van der Waals surface area contributed by atoms with Crippen LogP contribution in [0.2, 0.25) is 0 Å². The molecule has 0 unspecified atom stereocenters. The fourth-order valence-corrected chi connectivity index (χ4v) is 2.84. The van der Waals surface area contributed by atoms with E-state index >= 15 is 0 Å². The first kappa shape index (κ1) is 15.0. The minimum absolute atomic E-state index is 0.0790. The molecule has 2 rings (SSSR count). The predicted octanol–water partition coefficient (Wildman–Crippen LogP) is 3.10. The molecule has 4 nitrogen and oxygen atoms in total. The number of anilines is 1. The Bertz CT molecular complexity index is 531. The van der Waals surface area contributed by atoms with Crippen molar-refractivity contribution in [1.82, 2.24) is 4.90 Å². The van der Waals surface area contributed by atoms with Crippen LogP contribution in [0.4, 0.5) is 5.69 Å². The van der Waals surface area contributed by atoms with Gasteiger partial charge in [-0.05, 0) is 53.4 Å². The van der Waals surface area contributed by atoms with Gasteiger partial charge in [-0.3, -0.25) is 9.59 Å². The molecule has 1 N–H and O–H groups in total. The van der Waals surface area contributed by atoms with Crippen molar-refractivity contribution in [1.29, 1.82) is 0 Å². The first-order valence-electron chi connectivity index (χ1n) is 6.89. The molecule has 1 heterocycles. The van der Waals surface area contributed by atoms with Crippen molar-refractivity contribution in [2.75, 3.05) is 11.9 Å². The molecule has 5 heteroatoms. The van der Waals surface area contributed by atoms with Gasteiger partial charge in [0, 0.05) is 17.4 Å². The van der Waals surface area contributed by atoms with Crippen molar-refractivity contribution in [2.24, 2.45) is 0 Å². The van der Waals surface area contributed by atoms with E-state index in [2.05, 4.69) is 21.2 Å². The topological polar surface area (TPSA) is 49.4 Å². The van der Waals surface area contributed by atoms with Gasteiger partial charge in [-0.25, -0.2) is 0 Å². The maximum atomic E-state index is 12.4. The van der Waals surface area contributed by atoms with Gasteiger partial charge >= 0.3 is 0 Å². The smallest absolute Gasteiger partial charge is 0.247 e. The zero-order valence-electron chi connectivity index (χ0n) is 11.8. The van der Waals surface area contributed by atoms with Crippen LogP contribution in [0.3, 0.4) is 0 Å². The molecule has 108 valence electrons. The molecule has 1 fully saturated rings. The number of amides is 2. The standard InChI is InChI=1S/C15H19BrN2O2/c1-3-13(18-8-4-5-14(18)19)15(20)17-12-9-10(2)6-7-11(12)16/h6-7,9,13H,3-5,8H2,1-2H3,(H,17,20)/t13-/m0/s1. The molecule has 0 bridgehead atoms. The van der Waals surface area contributed by atoms with E-state index in [4.69, 9.17) is 0 Å². The summed E-state index contributed by atoms with van der Waals surface area (Å²) < 4.78 is 0.846. The minimum Gasteiger partial charge on any atom is -0.331 e. The monoisotopic (exact) mass is 338 g/mol. The van der Waals surface area contributed by atoms with Gasteiger partial charge in [0.2, 0.25) is 11.8 Å². The molecule has 2 amide bonds. The summed E-state index contributed by atoms with van der Waals surface area (Å²) in [6.45, 7) is 4.59. The van der Waals surface area contributed by atoms with Gasteiger partial charge < -0.3 is 10.2 Å². The normalized spacial score (nSPS) is 16.4. The van der Waals surface area contributed by atoms with Crippen molar-refractivity contribution in [3.63, 3.8) is 0 Å². The molecule has 1 aromatic rings. The van der Waals surface area contributed by atoms with E-state index in [-0.39, 0.29) is 17.9 Å². The summed E-state index contributed by atoms with van der Waals surface area (Å²) in [6, 6.07) is 5.42. The number of carbonyl (C=O) groups excluding carboxylic acids is 2. The number of hydrogen-bond donors (Lipinski definition) is 1. The molecule has 1 atom stereocenters. The lowest BCUT2D eigenvalue weighted by Gasteiger charge is -2.26. The Morgan fingerprint density at radius 3 is 2.85 bits per heavy atom. The van der Waals surface area contributed by atoms with Crippen LogP contribution in [0.5, 0.6) is 0 Å². The third-order valence-corrected chi connectivity index (χ3v) is 4.25. The van der Waals surface area contributed by atoms with Crippen LogP contribution >= 0.6 is 15.9 Å². The lowest BCUT2D eigenvalue weighted by molar-refractivity contribution is -0.135. The van der Waals surface area contributed by atoms with E-state index in [9.17, 15) is 9.59 Å². The Labute approximate surface area is 127 Å². The molecule has 0 saturated carbocycles. The summed E-state index contributed by atoms with van der Waals surface area (Å²) in [5.74, 6) is -0.0376. The van der Waals surface area contributed by atoms with E-state index in [1.54, 1.807) is 4.90 Å². The van der Waals surface area contributed by atoms with E-state index in [0.29, 0.717) is 19.4 Å². The first-order valence-corrected chi connectivity index (χ1v) is 7.68. The second kappa shape index (κ2) is 6.39. The lowest BCUT2D eigenvalue weighted by atomic mass is 10.1. The van der Waals surface area contributed by atoms with Crippen LogP contribution in [-0.4, -0.2) is 29.3 Å². The van der Waals surface area contributed by atoms with Crippen molar-refractivity contribution in [3.05, 3.63) is 28.2 Å². The Morgan fingerprint density at radius 2 is 2.25 bits per heavy atom. The summed E-state index contributed by atoms with van der Waals surface area (Å²) in [6.07, 6.45) is 2.02. The predicted molar refractivity (Wildman–Crippen MR) is 82.5 cm³/mol. The molecule has 0 radical (unpaired) electrons. The summed E-state index contributed by atoms with van der Waals surface area (Å²) in [5, 5.41) is 2.92. The number of carbonyl (C=O) groups is 2. The third kappa shape index (κ3) is 3.20. The van der Waals surface area contributed by atoms with Crippen LogP contribution in [0.25, 0.3) is 0 Å². The second-order valence-corrected chi connectivity index (χ2v) is 5.94. The highest BCUT2D eigenvalue weighted by Crippen LogP contribution is 2.24. The number of halogens is 1. The van der Waals surface area contributed by atoms with Crippen molar-refractivity contribution >= 4 is 33.4 Å². The van der Waals surface area contributed by atoms with Crippen molar-refractivity contribution in [2.45, 2.75) is 39.2 Å². The van der Waals surface area contributed by atoms with Crippen molar-refractivity contribution < 1.29 is 9.59 Å². The van der Waals surface area contributed by atoms with Gasteiger partial charge in [-0.15, -0.1) is 0 Å². The quantitative estimate of drug-likeness (QED) is 0.916. The number of likely N-dealkylation sites (tertiary alicyclic amines) is 1. The van der Waals surface area contributed by atoms with Crippen LogP contribution in [-0.2, 0) is 9.59 Å². The van der Waals surface area contributed by atoms with Crippen LogP contribution in [0, 0.1) is 6.92 Å². The lowest BCUT2D eigenvalue weighted by Crippen LogP contribution is -2.44. The highest BCUT2D eigenvalue weighted by Gasteiger charge is 2.31. The molecule has 0 aromatic heterocycles. The molecule has 0 aliphatic carbocycles. The molecule has 1 aromatic carbocycles. The zero-order chi connectivity index (χ0) is 14.7. The van der Waals surface area contributed by atoms with Gasteiger partial charge in [-0.2, -0.15) is 0 Å². The maximum Gasteiger partial charge on any atom is 0.247 e. The maximum absolute atomic E-state index is 12.4. The van der Waals surface area contributed by atoms with E-state index in [1.165, 1.54) is 0 Å². The highest BCUT2D eigenvalue weighted by atomic mass is 79.9.